The first-order chi connectivity index (χ1) is 11.6. The number of para-hydroxylation sites is 2. The second-order valence-corrected chi connectivity index (χ2v) is 6.12. The number of rotatable bonds is 5. The van der Waals surface area contributed by atoms with E-state index in [1.54, 1.807) is 22.8 Å². The van der Waals surface area contributed by atoms with Crippen LogP contribution in [0.2, 0.25) is 10.0 Å². The molecule has 0 fully saturated rings. The minimum atomic E-state index is -0.231. The summed E-state index contributed by atoms with van der Waals surface area (Å²) in [6, 6.07) is 12.6. The smallest absolute Gasteiger partial charge is 0.240 e. The van der Waals surface area contributed by atoms with Crippen LogP contribution in [0.4, 0.5) is 0 Å². The standard InChI is InChI=1S/C17H15Cl2N3O2/c18-12-6-5-11(13(19)7-12)8-20-17(24)9-22-15-4-2-1-3-14(15)21-16(22)10-23/h1-7,23H,8-10H2,(H,20,24). The van der Waals surface area contributed by atoms with Crippen molar-refractivity contribution < 1.29 is 9.90 Å². The fourth-order valence-electron chi connectivity index (χ4n) is 2.48. The average molecular weight is 364 g/mol. The van der Waals surface area contributed by atoms with E-state index >= 15 is 0 Å². The van der Waals surface area contributed by atoms with Crippen molar-refractivity contribution in [1.29, 1.82) is 0 Å². The second kappa shape index (κ2) is 7.21. The number of aliphatic hydroxyl groups excluding tert-OH is 1. The Morgan fingerprint density at radius 3 is 2.75 bits per heavy atom. The summed E-state index contributed by atoms with van der Waals surface area (Å²) in [5.41, 5.74) is 2.34. The van der Waals surface area contributed by atoms with Gasteiger partial charge in [0.1, 0.15) is 19.0 Å². The highest BCUT2D eigenvalue weighted by molar-refractivity contribution is 6.35. The molecule has 5 nitrogen and oxygen atoms in total. The lowest BCUT2D eigenvalue weighted by Crippen LogP contribution is -2.27. The van der Waals surface area contributed by atoms with Crippen molar-refractivity contribution in [3.63, 3.8) is 0 Å². The van der Waals surface area contributed by atoms with E-state index in [1.165, 1.54) is 0 Å². The van der Waals surface area contributed by atoms with Gasteiger partial charge in [-0.15, -0.1) is 0 Å². The molecule has 0 saturated heterocycles. The Balaban J connectivity index is 1.73. The Morgan fingerprint density at radius 1 is 1.21 bits per heavy atom. The maximum atomic E-state index is 12.3. The molecule has 3 rings (SSSR count). The summed E-state index contributed by atoms with van der Waals surface area (Å²) in [6.07, 6.45) is 0. The van der Waals surface area contributed by atoms with Gasteiger partial charge in [-0.3, -0.25) is 4.79 Å². The molecule has 7 heteroatoms. The lowest BCUT2D eigenvalue weighted by Gasteiger charge is -2.10. The maximum Gasteiger partial charge on any atom is 0.240 e. The zero-order valence-electron chi connectivity index (χ0n) is 12.7. The number of halogens is 2. The number of hydrogen-bond acceptors (Lipinski definition) is 3. The molecule has 0 bridgehead atoms. The van der Waals surface area contributed by atoms with Crippen LogP contribution < -0.4 is 5.32 Å². The SMILES string of the molecule is O=C(Cn1c(CO)nc2ccccc21)NCc1ccc(Cl)cc1Cl. The zero-order valence-corrected chi connectivity index (χ0v) is 14.2. The fraction of sp³-hybridized carbons (Fsp3) is 0.176. The minimum absolute atomic E-state index is 0.0710. The molecule has 2 N–H and O–H groups in total. The molecular formula is C17H15Cl2N3O2. The number of hydrogen-bond donors (Lipinski definition) is 2. The summed E-state index contributed by atoms with van der Waals surface area (Å²) in [6.45, 7) is 0.141. The fourth-order valence-corrected chi connectivity index (χ4v) is 2.96. The molecule has 0 saturated carbocycles. The van der Waals surface area contributed by atoms with Crippen LogP contribution in [0.1, 0.15) is 11.4 Å². The summed E-state index contributed by atoms with van der Waals surface area (Å²) in [7, 11) is 0. The van der Waals surface area contributed by atoms with Gasteiger partial charge in [0.25, 0.3) is 0 Å². The van der Waals surface area contributed by atoms with Gasteiger partial charge in [-0.05, 0) is 29.8 Å². The molecule has 24 heavy (non-hydrogen) atoms. The molecule has 0 radical (unpaired) electrons. The Morgan fingerprint density at radius 2 is 2.00 bits per heavy atom. The molecule has 1 amide bonds. The first kappa shape index (κ1) is 16.8. The third-order valence-corrected chi connectivity index (χ3v) is 4.25. The number of nitrogens with zero attached hydrogens (tertiary/aromatic N) is 2. The number of nitrogens with one attached hydrogen (secondary N) is 1. The van der Waals surface area contributed by atoms with E-state index in [2.05, 4.69) is 10.3 Å². The first-order valence-corrected chi connectivity index (χ1v) is 8.09. The minimum Gasteiger partial charge on any atom is -0.388 e. The third kappa shape index (κ3) is 3.53. The molecule has 0 aliphatic carbocycles. The van der Waals surface area contributed by atoms with Crippen molar-refractivity contribution in [3.05, 3.63) is 63.9 Å². The maximum absolute atomic E-state index is 12.3. The predicted octanol–water partition coefficient (Wildman–Crippen LogP) is 3.15. The van der Waals surface area contributed by atoms with Crippen molar-refractivity contribution in [2.45, 2.75) is 19.7 Å². The van der Waals surface area contributed by atoms with Gasteiger partial charge in [-0.2, -0.15) is 0 Å². The van der Waals surface area contributed by atoms with Gasteiger partial charge in [-0.1, -0.05) is 41.4 Å². The molecule has 0 aliphatic rings. The largest absolute Gasteiger partial charge is 0.388 e. The lowest BCUT2D eigenvalue weighted by atomic mass is 10.2. The molecule has 2 aromatic carbocycles. The van der Waals surface area contributed by atoms with Crippen molar-refractivity contribution >= 4 is 40.1 Å². The number of aliphatic hydroxyl groups is 1. The van der Waals surface area contributed by atoms with Crippen LogP contribution in [0.15, 0.2) is 42.5 Å². The molecule has 0 atom stereocenters. The number of aromatic nitrogens is 2. The monoisotopic (exact) mass is 363 g/mol. The predicted molar refractivity (Wildman–Crippen MR) is 94.0 cm³/mol. The van der Waals surface area contributed by atoms with E-state index in [-0.39, 0.29) is 19.1 Å². The topological polar surface area (TPSA) is 67.2 Å². The van der Waals surface area contributed by atoms with Crippen molar-refractivity contribution in [2.24, 2.45) is 0 Å². The van der Waals surface area contributed by atoms with E-state index in [4.69, 9.17) is 23.2 Å². The second-order valence-electron chi connectivity index (χ2n) is 5.27. The van der Waals surface area contributed by atoms with Crippen LogP contribution in [0.5, 0.6) is 0 Å². The molecule has 0 aliphatic heterocycles. The Hall–Kier alpha value is -2.08. The Bertz CT molecular complexity index is 893. The van der Waals surface area contributed by atoms with Crippen LogP contribution in [0.3, 0.4) is 0 Å². The number of carbonyl (C=O) groups is 1. The van der Waals surface area contributed by atoms with E-state index in [0.29, 0.717) is 22.4 Å². The van der Waals surface area contributed by atoms with Crippen molar-refractivity contribution in [2.75, 3.05) is 0 Å². The molecule has 0 unspecified atom stereocenters. The number of amides is 1. The highest BCUT2D eigenvalue weighted by Gasteiger charge is 2.13. The average Bonchev–Trinajstić information content (AvgIpc) is 2.92. The number of fused-ring (bicyclic) bond motifs is 1. The van der Waals surface area contributed by atoms with Crippen molar-refractivity contribution in [1.82, 2.24) is 14.9 Å². The Kier molecular flexibility index (Phi) is 5.04. The number of imidazole rings is 1. The van der Waals surface area contributed by atoms with E-state index < -0.39 is 0 Å². The third-order valence-electron chi connectivity index (χ3n) is 3.67. The lowest BCUT2D eigenvalue weighted by molar-refractivity contribution is -0.121. The van der Waals surface area contributed by atoms with Crippen LogP contribution >= 0.6 is 23.2 Å². The van der Waals surface area contributed by atoms with Crippen molar-refractivity contribution in [3.8, 4) is 0 Å². The van der Waals surface area contributed by atoms with Gasteiger partial charge >= 0.3 is 0 Å². The molecular weight excluding hydrogens is 349 g/mol. The van der Waals surface area contributed by atoms with Gasteiger partial charge < -0.3 is 15.0 Å². The molecule has 1 heterocycles. The van der Waals surface area contributed by atoms with Crippen LogP contribution in [0, 0.1) is 0 Å². The summed E-state index contributed by atoms with van der Waals surface area (Å²) in [5, 5.41) is 13.3. The van der Waals surface area contributed by atoms with Gasteiger partial charge in [0.2, 0.25) is 5.91 Å². The van der Waals surface area contributed by atoms with Crippen LogP contribution in [-0.2, 0) is 24.5 Å². The Labute approximate surface area is 148 Å². The molecule has 3 aromatic rings. The number of carbonyl (C=O) groups excluding carboxylic acids is 1. The highest BCUT2D eigenvalue weighted by Crippen LogP contribution is 2.21. The van der Waals surface area contributed by atoms with Gasteiger partial charge in [-0.25, -0.2) is 4.98 Å². The van der Waals surface area contributed by atoms with Gasteiger partial charge in [0.05, 0.1) is 11.0 Å². The van der Waals surface area contributed by atoms with E-state index in [9.17, 15) is 9.90 Å². The summed E-state index contributed by atoms with van der Waals surface area (Å²) in [5.74, 6) is 0.259. The summed E-state index contributed by atoms with van der Waals surface area (Å²) >= 11 is 12.0. The van der Waals surface area contributed by atoms with E-state index in [0.717, 1.165) is 16.6 Å². The van der Waals surface area contributed by atoms with Gasteiger partial charge in [0.15, 0.2) is 0 Å². The summed E-state index contributed by atoms with van der Waals surface area (Å²) in [4.78, 5) is 16.6. The van der Waals surface area contributed by atoms with Crippen LogP contribution in [0.25, 0.3) is 11.0 Å². The molecule has 124 valence electrons. The van der Waals surface area contributed by atoms with Crippen LogP contribution in [-0.4, -0.2) is 20.6 Å². The molecule has 0 spiro atoms. The molecule has 1 aromatic heterocycles. The van der Waals surface area contributed by atoms with Gasteiger partial charge in [0, 0.05) is 16.6 Å². The normalized spacial score (nSPS) is 11.0. The summed E-state index contributed by atoms with van der Waals surface area (Å²) < 4.78 is 1.70. The highest BCUT2D eigenvalue weighted by atomic mass is 35.5. The first-order valence-electron chi connectivity index (χ1n) is 7.34. The van der Waals surface area contributed by atoms with E-state index in [1.807, 2.05) is 24.3 Å². The zero-order chi connectivity index (χ0) is 17.1. The number of benzene rings is 2. The quantitative estimate of drug-likeness (QED) is 0.731.